The molecule has 0 spiro atoms. The Hall–Kier alpha value is -0.470. The van der Waals surface area contributed by atoms with Crippen molar-refractivity contribution in [2.45, 2.75) is 45.4 Å². The predicted molar refractivity (Wildman–Crippen MR) is 94.6 cm³/mol. The van der Waals surface area contributed by atoms with Crippen LogP contribution in [0.3, 0.4) is 0 Å². The predicted octanol–water partition coefficient (Wildman–Crippen LogP) is 4.94. The van der Waals surface area contributed by atoms with E-state index in [1.807, 2.05) is 11.8 Å². The standard InChI is InChI=1S/C20H28OS/c1-19-11-4-3-5-14(19)6-7-15-16(19)10-12-20(13-21)17(15)8-9-18(20)22-2/h4-5,9,11,15-17,21H,3,6-8,10,12-13H2,1-2H3/t15-,16+,17+,19+,20-/m1/s1. The number of rotatable bonds is 2. The zero-order chi connectivity index (χ0) is 15.4. The summed E-state index contributed by atoms with van der Waals surface area (Å²) in [6, 6.07) is 0. The average molecular weight is 317 g/mol. The normalized spacial score (nSPS) is 46.4. The van der Waals surface area contributed by atoms with Crippen molar-refractivity contribution in [3.8, 4) is 0 Å². The molecule has 2 heteroatoms. The molecule has 2 fully saturated rings. The largest absolute Gasteiger partial charge is 0.395 e. The van der Waals surface area contributed by atoms with Crippen LogP contribution in [0, 0.1) is 28.6 Å². The fourth-order valence-corrected chi connectivity index (χ4v) is 7.25. The summed E-state index contributed by atoms with van der Waals surface area (Å²) in [5, 5.41) is 10.3. The fraction of sp³-hybridized carbons (Fsp3) is 0.700. The SMILES string of the molecule is CSC1=CC[C@H]2[C@@H]3CCC4=CCC=C[C@]4(C)[C@H]3CC[C@]12CO. The number of hydrogen-bond acceptors (Lipinski definition) is 2. The van der Waals surface area contributed by atoms with Crippen molar-refractivity contribution in [2.75, 3.05) is 12.9 Å². The minimum Gasteiger partial charge on any atom is -0.395 e. The molecule has 0 heterocycles. The Morgan fingerprint density at radius 2 is 2.14 bits per heavy atom. The monoisotopic (exact) mass is 316 g/mol. The fourth-order valence-electron chi connectivity index (χ4n) is 6.26. The van der Waals surface area contributed by atoms with Crippen LogP contribution in [0.2, 0.25) is 0 Å². The highest BCUT2D eigenvalue weighted by atomic mass is 32.2. The van der Waals surface area contributed by atoms with E-state index in [0.717, 1.165) is 18.3 Å². The van der Waals surface area contributed by atoms with Crippen molar-refractivity contribution in [1.29, 1.82) is 0 Å². The maximum atomic E-state index is 10.3. The lowest BCUT2D eigenvalue weighted by molar-refractivity contribution is -0.0362. The van der Waals surface area contributed by atoms with Gasteiger partial charge < -0.3 is 5.11 Å². The van der Waals surface area contributed by atoms with Crippen LogP contribution in [0.15, 0.2) is 34.8 Å². The molecule has 4 rings (SSSR count). The molecule has 0 aromatic rings. The lowest BCUT2D eigenvalue weighted by Gasteiger charge is -2.57. The topological polar surface area (TPSA) is 20.2 Å². The Balaban J connectivity index is 1.70. The number of thioether (sulfide) groups is 1. The van der Waals surface area contributed by atoms with Gasteiger partial charge in [0.15, 0.2) is 0 Å². The molecule has 0 aromatic heterocycles. The minimum absolute atomic E-state index is 0.0938. The van der Waals surface area contributed by atoms with Crippen molar-refractivity contribution in [2.24, 2.45) is 28.6 Å². The molecule has 0 bridgehead atoms. The smallest absolute Gasteiger partial charge is 0.0535 e. The molecule has 0 amide bonds. The average Bonchev–Trinajstić information content (AvgIpc) is 2.93. The molecule has 5 atom stereocenters. The second-order valence-corrected chi connectivity index (χ2v) is 8.77. The van der Waals surface area contributed by atoms with Crippen molar-refractivity contribution in [3.05, 3.63) is 34.8 Å². The lowest BCUT2D eigenvalue weighted by Crippen LogP contribution is -2.50. The van der Waals surface area contributed by atoms with Gasteiger partial charge in [0.05, 0.1) is 6.61 Å². The van der Waals surface area contributed by atoms with Gasteiger partial charge in [0.2, 0.25) is 0 Å². The lowest BCUT2D eigenvalue weighted by atomic mass is 9.48. The van der Waals surface area contributed by atoms with E-state index < -0.39 is 0 Å². The van der Waals surface area contributed by atoms with Crippen molar-refractivity contribution in [3.63, 3.8) is 0 Å². The summed E-state index contributed by atoms with van der Waals surface area (Å²) in [6.07, 6.45) is 19.4. The number of aliphatic hydroxyl groups is 1. The van der Waals surface area contributed by atoms with Gasteiger partial charge in [0.1, 0.15) is 0 Å². The third-order valence-corrected chi connectivity index (χ3v) is 8.38. The Kier molecular flexibility index (Phi) is 3.62. The van der Waals surface area contributed by atoms with E-state index in [0.29, 0.717) is 17.9 Å². The van der Waals surface area contributed by atoms with Crippen LogP contribution in [0.25, 0.3) is 0 Å². The van der Waals surface area contributed by atoms with Gasteiger partial charge in [-0.2, -0.15) is 0 Å². The van der Waals surface area contributed by atoms with Crippen LogP contribution in [-0.4, -0.2) is 18.0 Å². The van der Waals surface area contributed by atoms with Gasteiger partial charge in [0, 0.05) is 10.8 Å². The van der Waals surface area contributed by atoms with E-state index >= 15 is 0 Å². The minimum atomic E-state index is 0.0938. The van der Waals surface area contributed by atoms with Crippen molar-refractivity contribution >= 4 is 11.8 Å². The van der Waals surface area contributed by atoms with E-state index in [1.165, 1.54) is 37.0 Å². The second-order valence-electron chi connectivity index (χ2n) is 7.93. The van der Waals surface area contributed by atoms with Crippen LogP contribution < -0.4 is 0 Å². The number of fused-ring (bicyclic) bond motifs is 5. The third-order valence-electron chi connectivity index (χ3n) is 7.37. The first kappa shape index (κ1) is 15.1. The molecule has 1 nitrogen and oxygen atoms in total. The summed E-state index contributed by atoms with van der Waals surface area (Å²) in [5.74, 6) is 2.24. The van der Waals surface area contributed by atoms with E-state index in [1.54, 1.807) is 5.57 Å². The summed E-state index contributed by atoms with van der Waals surface area (Å²) in [4.78, 5) is 1.48. The Morgan fingerprint density at radius 3 is 2.91 bits per heavy atom. The van der Waals surface area contributed by atoms with Crippen LogP contribution >= 0.6 is 11.8 Å². The molecule has 0 saturated heterocycles. The summed E-state index contributed by atoms with van der Waals surface area (Å²) in [7, 11) is 0. The molecule has 0 aliphatic heterocycles. The summed E-state index contributed by atoms with van der Waals surface area (Å²) < 4.78 is 0. The van der Waals surface area contributed by atoms with Gasteiger partial charge in [0.25, 0.3) is 0 Å². The summed E-state index contributed by atoms with van der Waals surface area (Å²) in [5.41, 5.74) is 2.09. The van der Waals surface area contributed by atoms with Crippen LogP contribution in [0.5, 0.6) is 0 Å². The van der Waals surface area contributed by atoms with Crippen molar-refractivity contribution in [1.82, 2.24) is 0 Å². The number of hydrogen-bond donors (Lipinski definition) is 1. The first-order chi connectivity index (χ1) is 10.7. The van der Waals surface area contributed by atoms with Crippen LogP contribution in [0.1, 0.15) is 45.4 Å². The van der Waals surface area contributed by atoms with Crippen LogP contribution in [0.4, 0.5) is 0 Å². The van der Waals surface area contributed by atoms with Gasteiger partial charge in [-0.3, -0.25) is 0 Å². The number of allylic oxidation sites excluding steroid dienone is 5. The molecule has 0 unspecified atom stereocenters. The Labute approximate surface area is 138 Å². The first-order valence-corrected chi connectivity index (χ1v) is 10.1. The summed E-state index contributed by atoms with van der Waals surface area (Å²) in [6.45, 7) is 2.83. The Morgan fingerprint density at radius 1 is 1.27 bits per heavy atom. The molecule has 22 heavy (non-hydrogen) atoms. The molecule has 0 aromatic carbocycles. The van der Waals surface area contributed by atoms with Gasteiger partial charge >= 0.3 is 0 Å². The maximum absolute atomic E-state index is 10.3. The third kappa shape index (κ3) is 1.83. The second kappa shape index (κ2) is 5.27. The van der Waals surface area contributed by atoms with E-state index in [4.69, 9.17) is 0 Å². The maximum Gasteiger partial charge on any atom is 0.0535 e. The quantitative estimate of drug-likeness (QED) is 0.728. The van der Waals surface area contributed by atoms with Gasteiger partial charge in [-0.25, -0.2) is 0 Å². The highest BCUT2D eigenvalue weighted by Crippen LogP contribution is 2.65. The number of aliphatic hydroxyl groups excluding tert-OH is 1. The highest BCUT2D eigenvalue weighted by molar-refractivity contribution is 8.02. The van der Waals surface area contributed by atoms with E-state index in [-0.39, 0.29) is 5.41 Å². The molecule has 0 radical (unpaired) electrons. The zero-order valence-corrected chi connectivity index (χ0v) is 14.7. The summed E-state index contributed by atoms with van der Waals surface area (Å²) >= 11 is 1.88. The molecule has 4 aliphatic rings. The molecule has 2 saturated carbocycles. The van der Waals surface area contributed by atoms with Crippen molar-refractivity contribution < 1.29 is 5.11 Å². The molecule has 120 valence electrons. The zero-order valence-electron chi connectivity index (χ0n) is 13.8. The molecule has 4 aliphatic carbocycles. The molecule has 1 N–H and O–H groups in total. The van der Waals surface area contributed by atoms with Crippen LogP contribution in [-0.2, 0) is 0 Å². The molecular weight excluding hydrogens is 288 g/mol. The van der Waals surface area contributed by atoms with Gasteiger partial charge in [-0.05, 0) is 67.4 Å². The van der Waals surface area contributed by atoms with Gasteiger partial charge in [-0.1, -0.05) is 36.8 Å². The van der Waals surface area contributed by atoms with Gasteiger partial charge in [-0.15, -0.1) is 11.8 Å². The van der Waals surface area contributed by atoms with E-state index in [2.05, 4.69) is 37.5 Å². The van der Waals surface area contributed by atoms with E-state index in [9.17, 15) is 5.11 Å². The molecular formula is C20H28OS. The Bertz CT molecular complexity index is 560. The first-order valence-electron chi connectivity index (χ1n) is 8.88. The highest BCUT2D eigenvalue weighted by Gasteiger charge is 2.57.